The molecule has 3 N–H and O–H groups in total. The van der Waals surface area contributed by atoms with Crippen LogP contribution in [0.1, 0.15) is 31.7 Å². The summed E-state index contributed by atoms with van der Waals surface area (Å²) in [5.41, 5.74) is 6.90. The summed E-state index contributed by atoms with van der Waals surface area (Å²) in [5.74, 6) is -1.25. The smallest absolute Gasteiger partial charge is 0.307 e. The van der Waals surface area contributed by atoms with Crippen molar-refractivity contribution in [1.82, 2.24) is 0 Å². The molecule has 94 valence electrons. The molecule has 0 amide bonds. The van der Waals surface area contributed by atoms with E-state index in [-0.39, 0.29) is 12.0 Å². The van der Waals surface area contributed by atoms with Gasteiger partial charge in [-0.3, -0.25) is 4.79 Å². The van der Waals surface area contributed by atoms with Gasteiger partial charge in [-0.2, -0.15) is 0 Å². The molecular weight excluding hydrogens is 238 g/mol. The maximum atomic E-state index is 10.8. The number of hydrogen-bond donors (Lipinski definition) is 2. The Balaban J connectivity index is 2.70. The van der Waals surface area contributed by atoms with E-state index in [1.165, 1.54) is 0 Å². The lowest BCUT2D eigenvalue weighted by Crippen LogP contribution is -2.34. The lowest BCUT2D eigenvalue weighted by atomic mass is 9.89. The van der Waals surface area contributed by atoms with Crippen LogP contribution in [0.15, 0.2) is 24.3 Å². The van der Waals surface area contributed by atoms with Gasteiger partial charge in [0.25, 0.3) is 0 Å². The van der Waals surface area contributed by atoms with Gasteiger partial charge in [-0.1, -0.05) is 43.6 Å². The number of carboxylic acids is 1. The Morgan fingerprint density at radius 1 is 1.41 bits per heavy atom. The van der Waals surface area contributed by atoms with E-state index in [4.69, 9.17) is 22.4 Å². The second-order valence-corrected chi connectivity index (χ2v) is 4.86. The van der Waals surface area contributed by atoms with Crippen LogP contribution >= 0.6 is 11.6 Å². The predicted octanol–water partition coefficient (Wildman–Crippen LogP) is 2.88. The largest absolute Gasteiger partial charge is 0.481 e. The zero-order valence-corrected chi connectivity index (χ0v) is 10.8. The molecular formula is C13H18ClNO2. The molecule has 1 aromatic carbocycles. The van der Waals surface area contributed by atoms with Crippen LogP contribution in [0, 0.1) is 5.92 Å². The van der Waals surface area contributed by atoms with Gasteiger partial charge in [-0.25, -0.2) is 0 Å². The Hall–Kier alpha value is -1.06. The van der Waals surface area contributed by atoms with E-state index in [9.17, 15) is 4.79 Å². The highest BCUT2D eigenvalue weighted by Crippen LogP contribution is 2.28. The minimum Gasteiger partial charge on any atom is -0.481 e. The standard InChI is InChI=1S/C13H18ClNO2/c1-8(7-12(15)9(2)13(16)17)10-5-3-4-6-11(10)14/h3-6,8-9,12H,7,15H2,1-2H3,(H,16,17). The number of carboxylic acid groups (broad SMARTS) is 1. The van der Waals surface area contributed by atoms with E-state index in [0.29, 0.717) is 11.4 Å². The summed E-state index contributed by atoms with van der Waals surface area (Å²) in [6, 6.07) is 7.21. The average molecular weight is 256 g/mol. The lowest BCUT2D eigenvalue weighted by Gasteiger charge is -2.21. The molecule has 0 aliphatic heterocycles. The second kappa shape index (κ2) is 6.03. The van der Waals surface area contributed by atoms with Gasteiger partial charge in [0.1, 0.15) is 0 Å². The van der Waals surface area contributed by atoms with Gasteiger partial charge >= 0.3 is 5.97 Å². The SMILES string of the molecule is CC(CC(N)C(C)C(=O)O)c1ccccc1Cl. The first-order valence-corrected chi connectivity index (χ1v) is 6.04. The van der Waals surface area contributed by atoms with Crippen LogP contribution in [0.4, 0.5) is 0 Å². The van der Waals surface area contributed by atoms with Crippen LogP contribution in [0.3, 0.4) is 0 Å². The number of carbonyl (C=O) groups is 1. The summed E-state index contributed by atoms with van der Waals surface area (Å²) in [6.45, 7) is 3.64. The Labute approximate surface area is 107 Å². The second-order valence-electron chi connectivity index (χ2n) is 4.45. The van der Waals surface area contributed by atoms with Crippen LogP contribution < -0.4 is 5.73 Å². The predicted molar refractivity (Wildman–Crippen MR) is 69.3 cm³/mol. The maximum Gasteiger partial charge on any atom is 0.307 e. The number of benzene rings is 1. The molecule has 0 spiro atoms. The molecule has 0 aliphatic carbocycles. The van der Waals surface area contributed by atoms with E-state index in [1.54, 1.807) is 6.92 Å². The fraction of sp³-hybridized carbons (Fsp3) is 0.462. The number of halogens is 1. The Bertz CT molecular complexity index is 395. The zero-order chi connectivity index (χ0) is 13.0. The van der Waals surface area contributed by atoms with Crippen molar-refractivity contribution in [3.8, 4) is 0 Å². The summed E-state index contributed by atoms with van der Waals surface area (Å²) in [6.07, 6.45) is 0.608. The Morgan fingerprint density at radius 2 is 2.00 bits per heavy atom. The molecule has 0 saturated carbocycles. The van der Waals surface area contributed by atoms with Crippen LogP contribution in [-0.4, -0.2) is 17.1 Å². The molecule has 3 atom stereocenters. The highest BCUT2D eigenvalue weighted by molar-refractivity contribution is 6.31. The zero-order valence-electron chi connectivity index (χ0n) is 10.1. The quantitative estimate of drug-likeness (QED) is 0.850. The summed E-state index contributed by atoms with van der Waals surface area (Å²) < 4.78 is 0. The summed E-state index contributed by atoms with van der Waals surface area (Å²) in [7, 11) is 0. The molecule has 3 nitrogen and oxygen atoms in total. The number of aliphatic carboxylic acids is 1. The summed E-state index contributed by atoms with van der Waals surface area (Å²) >= 11 is 6.09. The van der Waals surface area contributed by atoms with E-state index in [2.05, 4.69) is 0 Å². The molecule has 0 aliphatic rings. The highest BCUT2D eigenvalue weighted by atomic mass is 35.5. The van der Waals surface area contributed by atoms with Gasteiger partial charge in [-0.05, 0) is 24.0 Å². The topological polar surface area (TPSA) is 63.3 Å². The van der Waals surface area contributed by atoms with Gasteiger partial charge in [-0.15, -0.1) is 0 Å². The van der Waals surface area contributed by atoms with Crippen molar-refractivity contribution in [3.63, 3.8) is 0 Å². The third kappa shape index (κ3) is 3.72. The van der Waals surface area contributed by atoms with Crippen LogP contribution in [0.2, 0.25) is 5.02 Å². The number of nitrogens with two attached hydrogens (primary N) is 1. The first-order chi connectivity index (χ1) is 7.93. The molecule has 0 saturated heterocycles. The molecule has 0 radical (unpaired) electrons. The Kier molecular flexibility index (Phi) is 4.97. The van der Waals surface area contributed by atoms with Crippen molar-refractivity contribution in [2.45, 2.75) is 32.2 Å². The van der Waals surface area contributed by atoms with E-state index in [1.807, 2.05) is 31.2 Å². The van der Waals surface area contributed by atoms with Crippen LogP contribution in [0.5, 0.6) is 0 Å². The molecule has 1 rings (SSSR count). The molecule has 17 heavy (non-hydrogen) atoms. The van der Waals surface area contributed by atoms with Gasteiger partial charge in [0.05, 0.1) is 5.92 Å². The van der Waals surface area contributed by atoms with Crippen LogP contribution in [0.25, 0.3) is 0 Å². The van der Waals surface area contributed by atoms with E-state index in [0.717, 1.165) is 5.56 Å². The Morgan fingerprint density at radius 3 is 2.53 bits per heavy atom. The van der Waals surface area contributed by atoms with Gasteiger partial charge < -0.3 is 10.8 Å². The molecule has 0 fully saturated rings. The van der Waals surface area contributed by atoms with E-state index < -0.39 is 11.9 Å². The molecule has 1 aromatic rings. The number of rotatable bonds is 5. The van der Waals surface area contributed by atoms with Crippen molar-refractivity contribution >= 4 is 17.6 Å². The van der Waals surface area contributed by atoms with Gasteiger partial charge in [0.15, 0.2) is 0 Å². The van der Waals surface area contributed by atoms with Crippen molar-refractivity contribution in [3.05, 3.63) is 34.9 Å². The summed E-state index contributed by atoms with van der Waals surface area (Å²) in [4.78, 5) is 10.8. The first-order valence-electron chi connectivity index (χ1n) is 5.66. The minimum atomic E-state index is -0.858. The van der Waals surface area contributed by atoms with Crippen molar-refractivity contribution in [1.29, 1.82) is 0 Å². The lowest BCUT2D eigenvalue weighted by molar-refractivity contribution is -0.141. The third-order valence-corrected chi connectivity index (χ3v) is 3.44. The third-order valence-electron chi connectivity index (χ3n) is 3.09. The average Bonchev–Trinajstić information content (AvgIpc) is 2.28. The molecule has 3 unspecified atom stereocenters. The maximum absolute atomic E-state index is 10.8. The molecule has 0 heterocycles. The van der Waals surface area contributed by atoms with Crippen LogP contribution in [-0.2, 0) is 4.79 Å². The highest BCUT2D eigenvalue weighted by Gasteiger charge is 2.22. The number of hydrogen-bond acceptors (Lipinski definition) is 2. The van der Waals surface area contributed by atoms with Gasteiger partial charge in [0, 0.05) is 11.1 Å². The normalized spacial score (nSPS) is 16.2. The molecule has 4 heteroatoms. The minimum absolute atomic E-state index is 0.153. The molecule has 0 aromatic heterocycles. The fourth-order valence-corrected chi connectivity index (χ4v) is 2.12. The first kappa shape index (κ1) is 14.0. The molecule has 0 bridgehead atoms. The van der Waals surface area contributed by atoms with Gasteiger partial charge in [0.2, 0.25) is 0 Å². The van der Waals surface area contributed by atoms with Crippen molar-refractivity contribution < 1.29 is 9.90 Å². The monoisotopic (exact) mass is 255 g/mol. The van der Waals surface area contributed by atoms with Crippen molar-refractivity contribution in [2.24, 2.45) is 11.7 Å². The van der Waals surface area contributed by atoms with Crippen molar-refractivity contribution in [2.75, 3.05) is 0 Å². The fourth-order valence-electron chi connectivity index (χ4n) is 1.80. The summed E-state index contributed by atoms with van der Waals surface area (Å²) in [5, 5.41) is 9.59. The van der Waals surface area contributed by atoms with E-state index >= 15 is 0 Å².